The summed E-state index contributed by atoms with van der Waals surface area (Å²) < 4.78 is 5.51. The fourth-order valence-electron chi connectivity index (χ4n) is 2.77. The summed E-state index contributed by atoms with van der Waals surface area (Å²) in [6, 6.07) is 4.72. The van der Waals surface area contributed by atoms with E-state index >= 15 is 0 Å². The Morgan fingerprint density at radius 2 is 2.05 bits per heavy atom. The van der Waals surface area contributed by atoms with E-state index in [-0.39, 0.29) is 5.91 Å². The molecule has 5 heteroatoms. The standard InChI is InChI=1S/C15H25N3O2/c1-11-7-18(8-12(2)16-11)10-15(19)17(4)9-14-6-5-13(3)20-14/h5-6,11-12,16H,7-10H2,1-4H3. The molecule has 0 spiro atoms. The largest absolute Gasteiger partial charge is 0.464 e. The molecule has 0 aromatic carbocycles. The predicted molar refractivity (Wildman–Crippen MR) is 78.4 cm³/mol. The smallest absolute Gasteiger partial charge is 0.236 e. The maximum absolute atomic E-state index is 12.3. The van der Waals surface area contributed by atoms with Gasteiger partial charge in [0, 0.05) is 32.2 Å². The molecule has 2 heterocycles. The van der Waals surface area contributed by atoms with Crippen LogP contribution in [0.25, 0.3) is 0 Å². The summed E-state index contributed by atoms with van der Waals surface area (Å²) in [5, 5.41) is 3.47. The van der Waals surface area contributed by atoms with Crippen molar-refractivity contribution in [3.05, 3.63) is 23.7 Å². The zero-order chi connectivity index (χ0) is 14.7. The van der Waals surface area contributed by atoms with Crippen LogP contribution in [0.5, 0.6) is 0 Å². The third-order valence-electron chi connectivity index (χ3n) is 3.61. The molecule has 1 aliphatic heterocycles. The number of furan rings is 1. The molecule has 1 N–H and O–H groups in total. The minimum Gasteiger partial charge on any atom is -0.464 e. The van der Waals surface area contributed by atoms with E-state index in [9.17, 15) is 4.79 Å². The van der Waals surface area contributed by atoms with Crippen LogP contribution in [0, 0.1) is 6.92 Å². The monoisotopic (exact) mass is 279 g/mol. The molecule has 5 nitrogen and oxygen atoms in total. The molecule has 2 rings (SSSR count). The minimum absolute atomic E-state index is 0.139. The molecule has 0 radical (unpaired) electrons. The zero-order valence-corrected chi connectivity index (χ0v) is 12.8. The SMILES string of the molecule is Cc1ccc(CN(C)C(=O)CN2CC(C)NC(C)C2)o1. The highest BCUT2D eigenvalue weighted by molar-refractivity contribution is 5.77. The number of piperazine rings is 1. The molecule has 0 saturated carbocycles. The Labute approximate surface area is 120 Å². The van der Waals surface area contributed by atoms with Gasteiger partial charge in [0.2, 0.25) is 5.91 Å². The summed E-state index contributed by atoms with van der Waals surface area (Å²) in [6.45, 7) is 9.07. The van der Waals surface area contributed by atoms with Crippen LogP contribution >= 0.6 is 0 Å². The van der Waals surface area contributed by atoms with Crippen molar-refractivity contribution >= 4 is 5.91 Å². The molecule has 1 aliphatic rings. The first-order valence-electron chi connectivity index (χ1n) is 7.21. The van der Waals surface area contributed by atoms with Gasteiger partial charge in [-0.15, -0.1) is 0 Å². The van der Waals surface area contributed by atoms with E-state index in [2.05, 4.69) is 24.1 Å². The van der Waals surface area contributed by atoms with Crippen LogP contribution in [-0.2, 0) is 11.3 Å². The summed E-state index contributed by atoms with van der Waals surface area (Å²) in [4.78, 5) is 16.2. The Morgan fingerprint density at radius 3 is 2.60 bits per heavy atom. The average Bonchev–Trinajstić information content (AvgIpc) is 2.73. The molecule has 20 heavy (non-hydrogen) atoms. The second-order valence-electron chi connectivity index (χ2n) is 5.93. The van der Waals surface area contributed by atoms with E-state index in [1.54, 1.807) is 4.90 Å². The molecule has 2 unspecified atom stereocenters. The summed E-state index contributed by atoms with van der Waals surface area (Å²) in [5.41, 5.74) is 0. The number of rotatable bonds is 4. The lowest BCUT2D eigenvalue weighted by atomic mass is 10.1. The van der Waals surface area contributed by atoms with Crippen molar-refractivity contribution in [1.29, 1.82) is 0 Å². The van der Waals surface area contributed by atoms with E-state index in [1.165, 1.54) is 0 Å². The highest BCUT2D eigenvalue weighted by Crippen LogP contribution is 2.10. The predicted octanol–water partition coefficient (Wildman–Crippen LogP) is 1.23. The maximum atomic E-state index is 12.3. The van der Waals surface area contributed by atoms with Crippen molar-refractivity contribution in [2.24, 2.45) is 0 Å². The van der Waals surface area contributed by atoms with Crippen LogP contribution in [0.15, 0.2) is 16.5 Å². The second kappa shape index (κ2) is 6.41. The van der Waals surface area contributed by atoms with Crippen LogP contribution in [0.1, 0.15) is 25.4 Å². The minimum atomic E-state index is 0.139. The first-order valence-corrected chi connectivity index (χ1v) is 7.21. The number of carbonyl (C=O) groups excluding carboxylic acids is 1. The van der Waals surface area contributed by atoms with Gasteiger partial charge in [-0.2, -0.15) is 0 Å². The van der Waals surface area contributed by atoms with Gasteiger partial charge >= 0.3 is 0 Å². The Bertz CT molecular complexity index is 448. The van der Waals surface area contributed by atoms with Crippen molar-refractivity contribution in [3.8, 4) is 0 Å². The number of likely N-dealkylation sites (N-methyl/N-ethyl adjacent to an activating group) is 1. The van der Waals surface area contributed by atoms with E-state index in [4.69, 9.17) is 4.42 Å². The highest BCUT2D eigenvalue weighted by Gasteiger charge is 2.23. The fourth-order valence-corrected chi connectivity index (χ4v) is 2.77. The number of hydrogen-bond donors (Lipinski definition) is 1. The number of aryl methyl sites for hydroxylation is 1. The summed E-state index contributed by atoms with van der Waals surface area (Å²) >= 11 is 0. The Balaban J connectivity index is 1.84. The molecule has 1 fully saturated rings. The van der Waals surface area contributed by atoms with Gasteiger partial charge in [-0.25, -0.2) is 0 Å². The van der Waals surface area contributed by atoms with Gasteiger partial charge in [0.05, 0.1) is 13.1 Å². The van der Waals surface area contributed by atoms with Crippen molar-refractivity contribution in [1.82, 2.24) is 15.1 Å². The first-order chi connectivity index (χ1) is 9.44. The molecular formula is C15H25N3O2. The Hall–Kier alpha value is -1.33. The summed E-state index contributed by atoms with van der Waals surface area (Å²) in [7, 11) is 1.83. The lowest BCUT2D eigenvalue weighted by molar-refractivity contribution is -0.132. The first kappa shape index (κ1) is 15.1. The van der Waals surface area contributed by atoms with Crippen LogP contribution in [-0.4, -0.2) is 54.5 Å². The summed E-state index contributed by atoms with van der Waals surface area (Å²) in [5.74, 6) is 1.85. The van der Waals surface area contributed by atoms with Gasteiger partial charge in [-0.1, -0.05) is 0 Å². The quantitative estimate of drug-likeness (QED) is 0.900. The normalized spacial score (nSPS) is 23.8. The number of carbonyl (C=O) groups is 1. The van der Waals surface area contributed by atoms with Gasteiger partial charge in [0.1, 0.15) is 11.5 Å². The van der Waals surface area contributed by atoms with Gasteiger partial charge in [0.15, 0.2) is 0 Å². The number of amides is 1. The summed E-state index contributed by atoms with van der Waals surface area (Å²) in [6.07, 6.45) is 0. The number of nitrogens with zero attached hydrogens (tertiary/aromatic N) is 2. The molecule has 0 aliphatic carbocycles. The lowest BCUT2D eigenvalue weighted by Crippen LogP contribution is -2.56. The molecular weight excluding hydrogens is 254 g/mol. The number of hydrogen-bond acceptors (Lipinski definition) is 4. The van der Waals surface area contributed by atoms with Crippen molar-refractivity contribution < 1.29 is 9.21 Å². The van der Waals surface area contributed by atoms with Crippen molar-refractivity contribution in [2.75, 3.05) is 26.7 Å². The van der Waals surface area contributed by atoms with Gasteiger partial charge in [-0.05, 0) is 32.9 Å². The van der Waals surface area contributed by atoms with Crippen LogP contribution in [0.2, 0.25) is 0 Å². The number of nitrogens with one attached hydrogen (secondary N) is 1. The third kappa shape index (κ3) is 4.08. The van der Waals surface area contributed by atoms with Crippen LogP contribution in [0.4, 0.5) is 0 Å². The van der Waals surface area contributed by atoms with E-state index in [1.807, 2.05) is 26.1 Å². The molecule has 2 atom stereocenters. The Kier molecular flexibility index (Phi) is 4.83. The Morgan fingerprint density at radius 1 is 1.40 bits per heavy atom. The van der Waals surface area contributed by atoms with Crippen molar-refractivity contribution in [2.45, 2.75) is 39.4 Å². The van der Waals surface area contributed by atoms with Crippen LogP contribution < -0.4 is 5.32 Å². The van der Waals surface area contributed by atoms with Gasteiger partial charge < -0.3 is 14.6 Å². The molecule has 0 bridgehead atoms. The molecule has 1 aromatic rings. The van der Waals surface area contributed by atoms with E-state index in [0.717, 1.165) is 24.6 Å². The van der Waals surface area contributed by atoms with E-state index in [0.29, 0.717) is 25.2 Å². The topological polar surface area (TPSA) is 48.7 Å². The second-order valence-corrected chi connectivity index (χ2v) is 5.93. The molecule has 1 aromatic heterocycles. The lowest BCUT2D eigenvalue weighted by Gasteiger charge is -2.36. The van der Waals surface area contributed by atoms with Gasteiger partial charge in [-0.3, -0.25) is 9.69 Å². The van der Waals surface area contributed by atoms with Crippen LogP contribution in [0.3, 0.4) is 0 Å². The molecule has 112 valence electrons. The van der Waals surface area contributed by atoms with E-state index < -0.39 is 0 Å². The highest BCUT2D eigenvalue weighted by atomic mass is 16.3. The third-order valence-corrected chi connectivity index (χ3v) is 3.61. The van der Waals surface area contributed by atoms with Gasteiger partial charge in [0.25, 0.3) is 0 Å². The van der Waals surface area contributed by atoms with Crippen molar-refractivity contribution in [3.63, 3.8) is 0 Å². The molecule has 1 saturated heterocycles. The fraction of sp³-hybridized carbons (Fsp3) is 0.667. The molecule has 1 amide bonds. The maximum Gasteiger partial charge on any atom is 0.236 e. The zero-order valence-electron chi connectivity index (χ0n) is 12.8. The average molecular weight is 279 g/mol.